The topological polar surface area (TPSA) is 105 Å². The number of carbonyl (C=O) groups is 1. The molecule has 426 valence electrons. The van der Waals surface area contributed by atoms with Gasteiger partial charge in [0.25, 0.3) is 0 Å². The first kappa shape index (κ1) is 71.2. The van der Waals surface area contributed by atoms with E-state index >= 15 is 0 Å². The molecule has 0 spiro atoms. The Morgan fingerprint density at radius 1 is 0.473 bits per heavy atom. The molecule has 0 aliphatic rings. The largest absolute Gasteiger partial charge is 0.472 e. The molecule has 0 saturated carbocycles. The first-order valence-electron chi connectivity index (χ1n) is 30.3. The quantitative estimate of drug-likeness (QED) is 0.0243. The van der Waals surface area contributed by atoms with Gasteiger partial charge < -0.3 is 19.8 Å². The van der Waals surface area contributed by atoms with Gasteiger partial charge in [-0.15, -0.1) is 0 Å². The van der Waals surface area contributed by atoms with Crippen LogP contribution in [-0.4, -0.2) is 73.4 Å². The van der Waals surface area contributed by atoms with E-state index in [0.29, 0.717) is 17.4 Å². The summed E-state index contributed by atoms with van der Waals surface area (Å²) in [5.74, 6) is -0.196. The molecule has 9 heteroatoms. The zero-order valence-electron chi connectivity index (χ0n) is 48.5. The highest BCUT2D eigenvalue weighted by Crippen LogP contribution is 2.43. The normalized spacial score (nSPS) is 14.6. The minimum absolute atomic E-state index is 0.0498. The Morgan fingerprint density at radius 2 is 0.824 bits per heavy atom. The second-order valence-electron chi connectivity index (χ2n) is 21.3. The summed E-state index contributed by atoms with van der Waals surface area (Å²) in [6, 6.07) is -0.875. The maximum Gasteiger partial charge on any atom is 0.472 e. The molecule has 0 fully saturated rings. The van der Waals surface area contributed by atoms with Gasteiger partial charge in [0.15, 0.2) is 0 Å². The van der Waals surface area contributed by atoms with Crippen LogP contribution in [0.25, 0.3) is 0 Å². The minimum Gasteiger partial charge on any atom is -0.387 e. The highest BCUT2D eigenvalue weighted by molar-refractivity contribution is 7.47. The van der Waals surface area contributed by atoms with Crippen LogP contribution in [0.3, 0.4) is 0 Å². The third kappa shape index (κ3) is 56.9. The van der Waals surface area contributed by atoms with Crippen molar-refractivity contribution in [1.29, 1.82) is 0 Å². The fourth-order valence-electron chi connectivity index (χ4n) is 8.27. The molecule has 0 radical (unpaired) electrons. The molecule has 1 amide bonds. The van der Waals surface area contributed by atoms with E-state index in [2.05, 4.69) is 116 Å². The predicted octanol–water partition coefficient (Wildman–Crippen LogP) is 18.8. The third-order valence-electron chi connectivity index (χ3n) is 13.0. The molecule has 8 nitrogen and oxygen atoms in total. The predicted molar refractivity (Wildman–Crippen MR) is 322 cm³/mol. The Labute approximate surface area is 457 Å². The molecule has 3 unspecified atom stereocenters. The Balaban J connectivity index is 4.25. The number of quaternary nitrogens is 1. The van der Waals surface area contributed by atoms with Crippen LogP contribution in [0.1, 0.15) is 245 Å². The first-order valence-corrected chi connectivity index (χ1v) is 31.8. The van der Waals surface area contributed by atoms with E-state index in [1.807, 2.05) is 27.2 Å². The fourth-order valence-corrected chi connectivity index (χ4v) is 9.01. The Kier molecular flexibility index (Phi) is 52.8. The van der Waals surface area contributed by atoms with Gasteiger partial charge in [-0.3, -0.25) is 13.8 Å². The van der Waals surface area contributed by atoms with Crippen molar-refractivity contribution in [3.8, 4) is 0 Å². The summed E-state index contributed by atoms with van der Waals surface area (Å²) in [6.45, 7) is 4.68. The summed E-state index contributed by atoms with van der Waals surface area (Å²) < 4.78 is 23.7. The van der Waals surface area contributed by atoms with Crippen molar-refractivity contribution in [3.63, 3.8) is 0 Å². The average molecular weight is 1050 g/mol. The molecule has 3 atom stereocenters. The van der Waals surface area contributed by atoms with Crippen LogP contribution >= 0.6 is 7.82 Å². The van der Waals surface area contributed by atoms with E-state index in [0.717, 1.165) is 89.9 Å². The van der Waals surface area contributed by atoms with Gasteiger partial charge in [-0.05, 0) is 89.9 Å². The third-order valence-corrected chi connectivity index (χ3v) is 14.0. The lowest BCUT2D eigenvalue weighted by Crippen LogP contribution is -2.45. The molecule has 0 aromatic rings. The highest BCUT2D eigenvalue weighted by atomic mass is 31.2. The van der Waals surface area contributed by atoms with Gasteiger partial charge in [0, 0.05) is 6.42 Å². The summed E-state index contributed by atoms with van der Waals surface area (Å²) in [4.78, 5) is 23.3. The molecule has 0 bridgehead atoms. The number of likely N-dealkylation sites (N-methyl/N-ethyl adjacent to an activating group) is 1. The summed E-state index contributed by atoms with van der Waals surface area (Å²) in [6.07, 6.45) is 80.5. The van der Waals surface area contributed by atoms with Crippen LogP contribution < -0.4 is 5.32 Å². The number of aliphatic hydroxyl groups excluding tert-OH is 1. The van der Waals surface area contributed by atoms with Gasteiger partial charge >= 0.3 is 7.82 Å². The van der Waals surface area contributed by atoms with Crippen molar-refractivity contribution in [1.82, 2.24) is 5.32 Å². The number of allylic oxidation sites excluding steroid dienone is 17. The number of phosphoric acid groups is 1. The standard InChI is InChI=1S/C65H115N2O6P/c1-6-8-10-12-14-16-18-20-22-24-26-28-29-30-31-32-33-34-35-36-37-39-41-43-45-47-49-51-53-55-57-59-65(69)66-63(62-73-74(70,71)72-61-60-67(3,4)5)64(68)58-56-54-52-50-48-46-44-42-40-38-27-25-23-21-19-17-15-13-11-9-7-2/h8,10,14,16,20,22,26,28,30-31,33-34,36-37,48,50,56,58,63-64,68H,6-7,9,11-13,15,17-19,21,23-25,27,29,32,35,38-47,49,51-55,57,59-62H2,1-5H3,(H-,66,69,70,71)/p+1/b10-8-,16-14-,22-20-,28-26-,31-30-,34-33-,37-36-,50-48+,58-56+. The van der Waals surface area contributed by atoms with E-state index in [-0.39, 0.29) is 19.1 Å². The second-order valence-corrected chi connectivity index (χ2v) is 22.8. The van der Waals surface area contributed by atoms with Gasteiger partial charge in [0.05, 0.1) is 39.9 Å². The first-order chi connectivity index (χ1) is 36.0. The number of hydrogen-bond donors (Lipinski definition) is 3. The number of aliphatic hydroxyl groups is 1. The van der Waals surface area contributed by atoms with Crippen molar-refractivity contribution in [2.24, 2.45) is 0 Å². The SMILES string of the molecule is CC/C=C\C/C=C\C/C=C\C/C=C\C/C=C\C/C=C\C/C=C\CCCCCCCCCCCC(=O)NC(COP(=O)(O)OCC[N+](C)(C)C)C(O)/C=C/CC/C=C/CCCCCCCCCCCCCCCCC. The van der Waals surface area contributed by atoms with Gasteiger partial charge in [-0.2, -0.15) is 0 Å². The van der Waals surface area contributed by atoms with Gasteiger partial charge in [0.1, 0.15) is 13.2 Å². The Hall–Kier alpha value is -2.84. The van der Waals surface area contributed by atoms with Crippen molar-refractivity contribution in [3.05, 3.63) is 109 Å². The monoisotopic (exact) mass is 1050 g/mol. The van der Waals surface area contributed by atoms with Gasteiger partial charge in [-0.25, -0.2) is 4.57 Å². The van der Waals surface area contributed by atoms with Crippen molar-refractivity contribution in [2.45, 2.75) is 257 Å². The van der Waals surface area contributed by atoms with Crippen LogP contribution in [-0.2, 0) is 18.4 Å². The molecule has 74 heavy (non-hydrogen) atoms. The minimum atomic E-state index is -4.37. The van der Waals surface area contributed by atoms with Gasteiger partial charge in [0.2, 0.25) is 5.91 Å². The number of amides is 1. The van der Waals surface area contributed by atoms with E-state index in [1.54, 1.807) is 6.08 Å². The maximum atomic E-state index is 13.0. The average Bonchev–Trinajstić information content (AvgIpc) is 3.36. The highest BCUT2D eigenvalue weighted by Gasteiger charge is 2.27. The van der Waals surface area contributed by atoms with Gasteiger partial charge in [-0.1, -0.05) is 258 Å². The molecule has 0 aliphatic heterocycles. The van der Waals surface area contributed by atoms with Crippen molar-refractivity contribution >= 4 is 13.7 Å². The number of nitrogens with zero attached hydrogens (tertiary/aromatic N) is 1. The molecule has 0 aromatic heterocycles. The molecular formula is C65H116N2O6P+. The number of carbonyl (C=O) groups excluding carboxylic acids is 1. The lowest BCUT2D eigenvalue weighted by Gasteiger charge is -2.25. The number of phosphoric ester groups is 1. The molecule has 3 N–H and O–H groups in total. The van der Waals surface area contributed by atoms with Crippen LogP contribution in [0.4, 0.5) is 0 Å². The van der Waals surface area contributed by atoms with E-state index < -0.39 is 20.0 Å². The number of nitrogens with one attached hydrogen (secondary N) is 1. The molecule has 0 aromatic carbocycles. The summed E-state index contributed by atoms with van der Waals surface area (Å²) in [7, 11) is 1.54. The Morgan fingerprint density at radius 3 is 1.24 bits per heavy atom. The maximum absolute atomic E-state index is 13.0. The van der Waals surface area contributed by atoms with E-state index in [9.17, 15) is 19.4 Å². The van der Waals surface area contributed by atoms with Crippen LogP contribution in [0, 0.1) is 0 Å². The zero-order valence-corrected chi connectivity index (χ0v) is 49.4. The molecule has 0 heterocycles. The summed E-state index contributed by atoms with van der Waals surface area (Å²) in [5, 5.41) is 13.9. The number of rotatable bonds is 54. The van der Waals surface area contributed by atoms with Crippen molar-refractivity contribution in [2.75, 3.05) is 40.9 Å². The molecule has 0 saturated heterocycles. The Bertz CT molecular complexity index is 1570. The summed E-state index contributed by atoms with van der Waals surface area (Å²) in [5.41, 5.74) is 0. The fraction of sp³-hybridized carbons (Fsp3) is 0.708. The summed E-state index contributed by atoms with van der Waals surface area (Å²) >= 11 is 0. The van der Waals surface area contributed by atoms with Crippen LogP contribution in [0.15, 0.2) is 109 Å². The number of hydrogen-bond acceptors (Lipinski definition) is 5. The van der Waals surface area contributed by atoms with Crippen LogP contribution in [0.5, 0.6) is 0 Å². The molecule has 0 rings (SSSR count). The molecule has 0 aliphatic carbocycles. The lowest BCUT2D eigenvalue weighted by atomic mass is 10.0. The lowest BCUT2D eigenvalue weighted by molar-refractivity contribution is -0.870. The van der Waals surface area contributed by atoms with Crippen LogP contribution in [0.2, 0.25) is 0 Å². The molecular weight excluding hydrogens is 936 g/mol. The number of unbranched alkanes of at least 4 members (excludes halogenated alkanes) is 25. The zero-order chi connectivity index (χ0) is 54.2. The van der Waals surface area contributed by atoms with E-state index in [1.165, 1.54) is 135 Å². The van der Waals surface area contributed by atoms with E-state index in [4.69, 9.17) is 9.05 Å². The van der Waals surface area contributed by atoms with Crippen molar-refractivity contribution < 1.29 is 32.9 Å². The smallest absolute Gasteiger partial charge is 0.387 e. The second kappa shape index (κ2) is 54.9.